The third-order valence-electron chi connectivity index (χ3n) is 2.22. The zero-order valence-corrected chi connectivity index (χ0v) is 10.9. The molecule has 1 heterocycles. The number of nitrogens with zero attached hydrogens (tertiary/aromatic N) is 2. The molecule has 0 aromatic carbocycles. The van der Waals surface area contributed by atoms with Gasteiger partial charge in [-0.2, -0.15) is 0 Å². The number of hydrogen-bond acceptors (Lipinski definition) is 10. The van der Waals surface area contributed by atoms with Crippen molar-refractivity contribution in [3.8, 4) is 0 Å². The summed E-state index contributed by atoms with van der Waals surface area (Å²) in [6, 6.07) is 0. The molecule has 0 spiro atoms. The summed E-state index contributed by atoms with van der Waals surface area (Å²) in [5.74, 6) is 0. The Morgan fingerprint density at radius 1 is 1.35 bits per heavy atom. The molecule has 0 saturated carbocycles. The molecule has 3 unspecified atom stereocenters. The third kappa shape index (κ3) is 3.32. The molecule has 1 fully saturated rings. The topological polar surface area (TPSA) is 167 Å². The molecule has 1 saturated heterocycles. The molecule has 5 atom stereocenters. The molecular formula is C6H11N2NaO8. The quantitative estimate of drug-likeness (QED) is 0.145. The van der Waals surface area contributed by atoms with E-state index in [1.165, 1.54) is 0 Å². The fourth-order valence-corrected chi connectivity index (χ4v) is 1.29. The van der Waals surface area contributed by atoms with Gasteiger partial charge in [0.2, 0.25) is 6.29 Å². The number of ether oxygens (including phenoxy) is 1. The van der Waals surface area contributed by atoms with Crippen LogP contribution in [0, 0.1) is 0 Å². The van der Waals surface area contributed by atoms with E-state index in [-0.39, 0.29) is 29.6 Å². The van der Waals surface area contributed by atoms with Crippen molar-refractivity contribution in [3.05, 3.63) is 0 Å². The van der Waals surface area contributed by atoms with E-state index in [0.717, 1.165) is 0 Å². The third-order valence-corrected chi connectivity index (χ3v) is 2.22. The summed E-state index contributed by atoms with van der Waals surface area (Å²) in [7, 11) is 0. The molecule has 0 bridgehead atoms. The Balaban J connectivity index is 0.00000256. The fraction of sp³-hybridized carbons (Fsp3) is 1.00. The van der Waals surface area contributed by atoms with E-state index in [9.17, 15) is 25.7 Å². The van der Waals surface area contributed by atoms with Crippen LogP contribution >= 0.6 is 0 Å². The van der Waals surface area contributed by atoms with Crippen LogP contribution in [0.2, 0.25) is 0 Å². The van der Waals surface area contributed by atoms with Gasteiger partial charge in [0.25, 0.3) is 5.72 Å². The van der Waals surface area contributed by atoms with E-state index in [1.807, 2.05) is 0 Å². The van der Waals surface area contributed by atoms with Crippen LogP contribution in [0.15, 0.2) is 10.4 Å². The molecule has 11 heteroatoms. The van der Waals surface area contributed by atoms with Crippen molar-refractivity contribution in [2.45, 2.75) is 30.3 Å². The molecule has 0 radical (unpaired) electrons. The van der Waals surface area contributed by atoms with Crippen molar-refractivity contribution >= 4 is 0 Å². The summed E-state index contributed by atoms with van der Waals surface area (Å²) in [4.78, 5) is 2.93. The monoisotopic (exact) mass is 262 g/mol. The Morgan fingerprint density at radius 3 is 2.41 bits per heavy atom. The number of aliphatic hydroxyl groups is 5. The van der Waals surface area contributed by atoms with E-state index in [4.69, 9.17) is 5.11 Å². The van der Waals surface area contributed by atoms with Crippen molar-refractivity contribution in [1.29, 1.82) is 0 Å². The van der Waals surface area contributed by atoms with Crippen molar-refractivity contribution in [2.24, 2.45) is 10.4 Å². The Kier molecular flexibility index (Phi) is 6.94. The Morgan fingerprint density at radius 2 is 1.94 bits per heavy atom. The summed E-state index contributed by atoms with van der Waals surface area (Å²) in [6.45, 7) is -0.694. The second kappa shape index (κ2) is 6.89. The first-order valence-electron chi connectivity index (χ1n) is 4.21. The molecule has 1 aliphatic rings. The van der Waals surface area contributed by atoms with Crippen LogP contribution in [0.3, 0.4) is 0 Å². The maximum atomic E-state index is 9.58. The summed E-state index contributed by atoms with van der Waals surface area (Å²) in [5.41, 5.74) is -2.74. The van der Waals surface area contributed by atoms with Crippen LogP contribution in [0.5, 0.6) is 0 Å². The normalized spacial score (nSPS) is 42.2. The fourth-order valence-electron chi connectivity index (χ4n) is 1.29. The van der Waals surface area contributed by atoms with Crippen molar-refractivity contribution in [3.63, 3.8) is 0 Å². The smallest absolute Gasteiger partial charge is 0.636 e. The van der Waals surface area contributed by atoms with E-state index < -0.39 is 36.9 Å². The van der Waals surface area contributed by atoms with Crippen molar-refractivity contribution in [2.75, 3.05) is 6.61 Å². The number of aliphatic hydroxyl groups excluding tert-OH is 4. The van der Waals surface area contributed by atoms with Crippen LogP contribution in [0.1, 0.15) is 0 Å². The van der Waals surface area contributed by atoms with Gasteiger partial charge in [-0.3, -0.25) is 0 Å². The summed E-state index contributed by atoms with van der Waals surface area (Å²) < 4.78 is 4.57. The van der Waals surface area contributed by atoms with Crippen LogP contribution < -0.4 is 34.8 Å². The maximum absolute atomic E-state index is 9.58. The summed E-state index contributed by atoms with van der Waals surface area (Å²) in [5, 5.41) is 61.1. The van der Waals surface area contributed by atoms with E-state index in [1.54, 1.807) is 0 Å². The van der Waals surface area contributed by atoms with Gasteiger partial charge in [0.1, 0.15) is 18.3 Å². The standard InChI is InChI=1S/C6H12N2O8.Na/c9-1-2-3(10)4(11)6(13,5(12)15-2)7-8-16-14;/h2-5,9-14H,1H2;/q;+1/p-1/b8-7-;/t2?,3-,4+,5?,6?;/m1./s1. The van der Waals surface area contributed by atoms with E-state index >= 15 is 0 Å². The molecule has 17 heavy (non-hydrogen) atoms. The van der Waals surface area contributed by atoms with Crippen molar-refractivity contribution < 1.29 is 70.1 Å². The first-order valence-corrected chi connectivity index (χ1v) is 4.21. The molecule has 1 aliphatic heterocycles. The van der Waals surface area contributed by atoms with Gasteiger partial charge in [0, 0.05) is 5.28 Å². The molecule has 94 valence electrons. The molecule has 0 aromatic rings. The zero-order chi connectivity index (χ0) is 12.3. The second-order valence-corrected chi connectivity index (χ2v) is 3.18. The molecule has 1 rings (SSSR count). The van der Waals surface area contributed by atoms with Crippen molar-refractivity contribution in [1.82, 2.24) is 0 Å². The molecular weight excluding hydrogens is 251 g/mol. The zero-order valence-electron chi connectivity index (χ0n) is 8.87. The minimum absolute atomic E-state index is 0. The van der Waals surface area contributed by atoms with Gasteiger partial charge < -0.3 is 40.5 Å². The molecule has 0 aromatic heterocycles. The van der Waals surface area contributed by atoms with Gasteiger partial charge in [0.05, 0.1) is 6.61 Å². The van der Waals surface area contributed by atoms with Gasteiger partial charge in [-0.05, 0) is 0 Å². The Labute approximate surface area is 117 Å². The first kappa shape index (κ1) is 17.1. The van der Waals surface area contributed by atoms with Gasteiger partial charge in [-0.15, -0.1) is 5.11 Å². The molecule has 0 aliphatic carbocycles. The Bertz CT molecular complexity index is 268. The second-order valence-electron chi connectivity index (χ2n) is 3.18. The van der Waals surface area contributed by atoms with Crippen LogP contribution in [0.4, 0.5) is 0 Å². The average molecular weight is 262 g/mol. The van der Waals surface area contributed by atoms with Crippen LogP contribution in [-0.4, -0.2) is 62.5 Å². The van der Waals surface area contributed by atoms with E-state index in [0.29, 0.717) is 0 Å². The first-order chi connectivity index (χ1) is 7.47. The average Bonchev–Trinajstić information content (AvgIpc) is 2.29. The number of rotatable bonds is 3. The minimum Gasteiger partial charge on any atom is -0.636 e. The Hall–Kier alpha value is 0.120. The largest absolute Gasteiger partial charge is 1.00 e. The van der Waals surface area contributed by atoms with Crippen LogP contribution in [0.25, 0.3) is 0 Å². The summed E-state index contributed by atoms with van der Waals surface area (Å²) >= 11 is 0. The SMILES string of the molecule is [Na+].[O-]O/N=N\C1(O)C(O)OC(CO)[C@@H](O)[C@@H]1O. The van der Waals surface area contributed by atoms with Crippen LogP contribution in [-0.2, 0) is 9.73 Å². The van der Waals surface area contributed by atoms with Gasteiger partial charge in [-0.1, -0.05) is 0 Å². The van der Waals surface area contributed by atoms with Gasteiger partial charge in [-0.25, -0.2) is 0 Å². The molecule has 0 amide bonds. The number of hydrogen-bond donors (Lipinski definition) is 5. The predicted octanol–water partition coefficient (Wildman–Crippen LogP) is -7.23. The summed E-state index contributed by atoms with van der Waals surface area (Å²) in [6.07, 6.45) is -7.10. The maximum Gasteiger partial charge on any atom is 1.00 e. The van der Waals surface area contributed by atoms with Gasteiger partial charge in [0.15, 0.2) is 0 Å². The molecule has 10 nitrogen and oxygen atoms in total. The predicted molar refractivity (Wildman–Crippen MR) is 40.9 cm³/mol. The van der Waals surface area contributed by atoms with Gasteiger partial charge >= 0.3 is 29.6 Å². The minimum atomic E-state index is -2.74. The van der Waals surface area contributed by atoms with E-state index in [2.05, 4.69) is 20.1 Å². The molecule has 5 N–H and O–H groups in total.